The summed E-state index contributed by atoms with van der Waals surface area (Å²) in [6, 6.07) is 22.6. The Labute approximate surface area is 207 Å². The Kier molecular flexibility index (Phi) is 6.39. The smallest absolute Gasteiger partial charge is 0.264 e. The van der Waals surface area contributed by atoms with Gasteiger partial charge < -0.3 is 5.11 Å². The molecular weight excluding hydrogens is 462 g/mol. The zero-order chi connectivity index (χ0) is 23.7. The third-order valence-electron chi connectivity index (χ3n) is 6.13. The summed E-state index contributed by atoms with van der Waals surface area (Å²) in [7, 11) is 0. The molecule has 0 bridgehead atoms. The number of rotatable bonds is 5. The van der Waals surface area contributed by atoms with E-state index in [2.05, 4.69) is 48.3 Å². The van der Waals surface area contributed by atoms with Crippen LogP contribution in [0.15, 0.2) is 81.4 Å². The molecular formula is C27H25N3O2S2. The Morgan fingerprint density at radius 1 is 1.12 bits per heavy atom. The largest absolute Gasteiger partial charge is 0.494 e. The van der Waals surface area contributed by atoms with Gasteiger partial charge in [0.2, 0.25) is 5.88 Å². The number of thioether (sulfide) groups is 1. The van der Waals surface area contributed by atoms with E-state index in [1.54, 1.807) is 16.3 Å². The van der Waals surface area contributed by atoms with Crippen molar-refractivity contribution >= 4 is 46.2 Å². The lowest BCUT2D eigenvalue weighted by molar-refractivity contribution is 0.398. The van der Waals surface area contributed by atoms with E-state index in [4.69, 9.17) is 17.2 Å². The molecule has 1 aliphatic rings. The highest BCUT2D eigenvalue weighted by Crippen LogP contribution is 2.47. The van der Waals surface area contributed by atoms with Crippen LogP contribution in [0.25, 0.3) is 10.8 Å². The number of unbranched alkanes of at least 4 members (excludes halogenated alkanes) is 1. The van der Waals surface area contributed by atoms with Crippen LogP contribution in [0.2, 0.25) is 0 Å². The molecule has 0 spiro atoms. The molecule has 7 heteroatoms. The highest BCUT2D eigenvalue weighted by molar-refractivity contribution is 7.99. The second-order valence-corrected chi connectivity index (χ2v) is 10.00. The van der Waals surface area contributed by atoms with Crippen LogP contribution in [0.3, 0.4) is 0 Å². The van der Waals surface area contributed by atoms with Gasteiger partial charge in [-0.05, 0) is 47.1 Å². The maximum Gasteiger partial charge on any atom is 0.264 e. The number of para-hydroxylation sites is 1. The summed E-state index contributed by atoms with van der Waals surface area (Å²) in [5.41, 5.74) is 2.34. The van der Waals surface area contributed by atoms with Gasteiger partial charge in [-0.15, -0.1) is 11.8 Å². The van der Waals surface area contributed by atoms with E-state index in [1.807, 2.05) is 30.3 Å². The standard InChI is InChI=1S/C27H25N3O2S2/c1-2-3-15-30-26(32)24(25(31)29-27(30)33)21-16-23(34-22-14-7-6-13-20(22)28-21)19-12-8-10-17-9-4-5-11-18(17)19/h4-14,23,32H,2-3,15-16H2,1H3,(H,29,31,33)/t23-/m0/s1. The van der Waals surface area contributed by atoms with Crippen molar-refractivity contribution in [3.05, 3.63) is 93.0 Å². The molecule has 34 heavy (non-hydrogen) atoms. The highest BCUT2D eigenvalue weighted by Gasteiger charge is 2.27. The Morgan fingerprint density at radius 3 is 2.74 bits per heavy atom. The summed E-state index contributed by atoms with van der Waals surface area (Å²) in [5, 5.41) is 13.6. The number of nitrogens with zero attached hydrogens (tertiary/aromatic N) is 2. The average molecular weight is 488 g/mol. The van der Waals surface area contributed by atoms with Crippen LogP contribution in [-0.2, 0) is 6.54 Å². The molecule has 2 N–H and O–H groups in total. The van der Waals surface area contributed by atoms with Gasteiger partial charge in [0, 0.05) is 23.1 Å². The summed E-state index contributed by atoms with van der Waals surface area (Å²) in [4.78, 5) is 21.8. The minimum absolute atomic E-state index is 0.0135. The molecule has 1 atom stereocenters. The number of aromatic amines is 1. The molecule has 5 rings (SSSR count). The van der Waals surface area contributed by atoms with Gasteiger partial charge in [0.05, 0.1) is 11.4 Å². The fraction of sp³-hybridized carbons (Fsp3) is 0.222. The molecule has 0 saturated carbocycles. The molecule has 0 aliphatic carbocycles. The maximum atomic E-state index is 13.1. The lowest BCUT2D eigenvalue weighted by atomic mass is 9.97. The van der Waals surface area contributed by atoms with E-state index in [0.717, 1.165) is 23.4 Å². The average Bonchev–Trinajstić information content (AvgIpc) is 3.03. The molecule has 0 radical (unpaired) electrons. The van der Waals surface area contributed by atoms with E-state index in [9.17, 15) is 9.90 Å². The lowest BCUT2D eigenvalue weighted by Gasteiger charge is -2.19. The van der Waals surface area contributed by atoms with Gasteiger partial charge in [-0.2, -0.15) is 0 Å². The number of aromatic hydroxyl groups is 1. The summed E-state index contributed by atoms with van der Waals surface area (Å²) in [6.45, 7) is 2.61. The van der Waals surface area contributed by atoms with E-state index < -0.39 is 5.56 Å². The van der Waals surface area contributed by atoms with Gasteiger partial charge in [-0.3, -0.25) is 19.3 Å². The number of hydrogen-bond acceptors (Lipinski definition) is 5. The first kappa shape index (κ1) is 22.6. The number of H-pyrrole nitrogens is 1. The lowest BCUT2D eigenvalue weighted by Crippen LogP contribution is -2.24. The van der Waals surface area contributed by atoms with Gasteiger partial charge >= 0.3 is 0 Å². The summed E-state index contributed by atoms with van der Waals surface area (Å²) in [5.74, 6) is -0.109. The van der Waals surface area contributed by atoms with Crippen LogP contribution >= 0.6 is 24.0 Å². The fourth-order valence-corrected chi connectivity index (χ4v) is 5.96. The molecule has 0 saturated heterocycles. The van der Waals surface area contributed by atoms with E-state index in [-0.39, 0.29) is 21.5 Å². The number of benzene rings is 3. The van der Waals surface area contributed by atoms with Crippen LogP contribution in [0.4, 0.5) is 5.69 Å². The highest BCUT2D eigenvalue weighted by atomic mass is 32.2. The first-order valence-corrected chi connectivity index (χ1v) is 12.7. The van der Waals surface area contributed by atoms with Crippen molar-refractivity contribution in [3.8, 4) is 5.88 Å². The Bertz CT molecular complexity index is 1520. The van der Waals surface area contributed by atoms with Crippen molar-refractivity contribution in [2.24, 2.45) is 4.99 Å². The number of aromatic nitrogens is 2. The molecule has 1 aromatic heterocycles. The second-order valence-electron chi connectivity index (χ2n) is 8.37. The molecule has 3 aromatic carbocycles. The topological polar surface area (TPSA) is 70.4 Å². The zero-order valence-corrected chi connectivity index (χ0v) is 20.5. The Morgan fingerprint density at radius 2 is 1.88 bits per heavy atom. The van der Waals surface area contributed by atoms with Crippen molar-refractivity contribution in [2.45, 2.75) is 42.9 Å². The predicted octanol–water partition coefficient (Wildman–Crippen LogP) is 6.92. The van der Waals surface area contributed by atoms with E-state index >= 15 is 0 Å². The molecule has 2 heterocycles. The molecule has 0 unspecified atom stereocenters. The normalized spacial score (nSPS) is 15.6. The number of aliphatic imine (C=N–C) groups is 1. The third kappa shape index (κ3) is 4.21. The molecule has 4 aromatic rings. The van der Waals surface area contributed by atoms with Crippen LogP contribution in [0.1, 0.15) is 42.6 Å². The van der Waals surface area contributed by atoms with Crippen molar-refractivity contribution in [2.75, 3.05) is 0 Å². The quantitative estimate of drug-likeness (QED) is 0.300. The SMILES string of the molecule is CCCCn1c(O)c(C2=Nc3ccccc3S[C@H](c3cccc4ccccc34)C2)c(=O)[nH]c1=S. The van der Waals surface area contributed by atoms with Gasteiger partial charge in [-0.25, -0.2) is 0 Å². The van der Waals surface area contributed by atoms with Crippen LogP contribution < -0.4 is 5.56 Å². The van der Waals surface area contributed by atoms with Crippen LogP contribution in [0.5, 0.6) is 5.88 Å². The first-order valence-electron chi connectivity index (χ1n) is 11.4. The maximum absolute atomic E-state index is 13.1. The summed E-state index contributed by atoms with van der Waals surface area (Å²) >= 11 is 7.09. The Hall–Kier alpha value is -3.16. The third-order valence-corrected chi connectivity index (χ3v) is 7.76. The van der Waals surface area contributed by atoms with Crippen molar-refractivity contribution in [1.82, 2.24) is 9.55 Å². The van der Waals surface area contributed by atoms with Gasteiger partial charge in [0.25, 0.3) is 5.56 Å². The number of nitrogens with one attached hydrogen (secondary N) is 1. The predicted molar refractivity (Wildman–Crippen MR) is 142 cm³/mol. The van der Waals surface area contributed by atoms with Crippen molar-refractivity contribution < 1.29 is 5.11 Å². The minimum Gasteiger partial charge on any atom is -0.494 e. The minimum atomic E-state index is -0.407. The molecule has 5 nitrogen and oxygen atoms in total. The van der Waals surface area contributed by atoms with Crippen LogP contribution in [0, 0.1) is 4.77 Å². The monoisotopic (exact) mass is 487 g/mol. The van der Waals surface area contributed by atoms with E-state index in [0.29, 0.717) is 18.7 Å². The zero-order valence-electron chi connectivity index (χ0n) is 18.8. The fourth-order valence-electron chi connectivity index (χ4n) is 4.42. The van der Waals surface area contributed by atoms with Gasteiger partial charge in [0.15, 0.2) is 4.77 Å². The van der Waals surface area contributed by atoms with Crippen molar-refractivity contribution in [1.29, 1.82) is 0 Å². The molecule has 172 valence electrons. The first-order chi connectivity index (χ1) is 16.6. The number of fused-ring (bicyclic) bond motifs is 2. The molecule has 0 amide bonds. The van der Waals surface area contributed by atoms with Crippen molar-refractivity contribution in [3.63, 3.8) is 0 Å². The second kappa shape index (κ2) is 9.60. The summed E-state index contributed by atoms with van der Waals surface area (Å²) < 4.78 is 1.84. The van der Waals surface area contributed by atoms with Crippen LogP contribution in [-0.4, -0.2) is 20.4 Å². The van der Waals surface area contributed by atoms with E-state index in [1.165, 1.54) is 16.3 Å². The van der Waals surface area contributed by atoms with Gasteiger partial charge in [0.1, 0.15) is 5.56 Å². The molecule has 1 aliphatic heterocycles. The number of hydrogen-bond donors (Lipinski definition) is 2. The van der Waals surface area contributed by atoms with Gasteiger partial charge in [-0.1, -0.05) is 67.9 Å². The Balaban J connectivity index is 1.69. The summed E-state index contributed by atoms with van der Waals surface area (Å²) in [6.07, 6.45) is 2.29. The molecule has 0 fully saturated rings.